The molecule has 1 aromatic carbocycles. The molecule has 3 amide bonds. The minimum atomic E-state index is -2.47. The second kappa shape index (κ2) is 48.2. The summed E-state index contributed by atoms with van der Waals surface area (Å²) in [4.78, 5) is 140. The molecular formula is C92H134N14O20. The van der Waals surface area contributed by atoms with Crippen molar-refractivity contribution in [1.82, 2.24) is 54.7 Å². The summed E-state index contributed by atoms with van der Waals surface area (Å²) in [5.74, 6) is -7.24. The van der Waals surface area contributed by atoms with Gasteiger partial charge in [0.15, 0.2) is 17.0 Å². The van der Waals surface area contributed by atoms with Gasteiger partial charge >= 0.3 is 11.9 Å². The molecule has 4 aliphatic heterocycles. The lowest BCUT2D eigenvalue weighted by atomic mass is 9.78. The minimum absolute atomic E-state index is 0.00221. The van der Waals surface area contributed by atoms with Crippen molar-refractivity contribution in [1.29, 1.82) is 0 Å². The molecule has 2 bridgehead atoms. The van der Waals surface area contributed by atoms with E-state index < -0.39 is 102 Å². The highest BCUT2D eigenvalue weighted by Crippen LogP contribution is 2.40. The highest BCUT2D eigenvalue weighted by Gasteiger charge is 2.53. The molecule has 1 unspecified atom stereocenters. The van der Waals surface area contributed by atoms with E-state index in [2.05, 4.69) is 30.2 Å². The van der Waals surface area contributed by atoms with E-state index in [1.54, 1.807) is 70.5 Å². The number of likely N-dealkylation sites (N-methyl/N-ethyl adjacent to an activating group) is 1. The highest BCUT2D eigenvalue weighted by atomic mass is 16.6. The van der Waals surface area contributed by atoms with Crippen LogP contribution in [0, 0.1) is 35.5 Å². The standard InChI is InChI=1S/C92H134N14O20/c1-57-21-15-13-16-22-58(2)73(117-9)50-68-29-25-63(7)92(116,126-68)85(113)88(114)105-35-20-18-24-70(105)89(115)124-75(51-74(118-10)59(3)46-62(6)83(112)84(120-12)82(111)61(5)45-57)60(4)47-64-26-30-72(76(48-64)119-11)123-79(110)32-27-65-52-96-91(97-53-65)104-39-37-103(38-40-104)78(109)55-102(8)54-77(108)95-34-42-122-44-43-121-41-33-67(107)23-17-14-19-36-106-87-80(86(93)98-56-99-87)81(101-106)66-28-31-71-69(49-66)100-90(94)125-71/h13,15-16,21-22,28,31,46,49,52-53,56-57,59-61,63-64,68,70,72-76,83-84,112,116H,14,17-20,23-27,29-30,32-45,47-48,50-51,54-55H2,1-12H3,(H2,94,100)(H,95,108)(H2,93,98,99)/b16-13+,21-15+,58-22+,62-46+/t57-,59-,60-,61-,63-,64+,68+,70+,72-,73+,74?,75+,76-,83-,84+,92-/m1/s1. The number of hydrogen-bond donors (Lipinski definition) is 5. The number of anilines is 3. The lowest BCUT2D eigenvalue weighted by molar-refractivity contribution is -0.265. The number of nitrogens with zero attached hydrogens (tertiary/aromatic N) is 11. The zero-order valence-electron chi connectivity index (χ0n) is 75.5. The molecule has 16 atom stereocenters. The van der Waals surface area contributed by atoms with E-state index in [1.807, 2.05) is 92.8 Å². The third kappa shape index (κ3) is 27.4. The average molecular weight is 1760 g/mol. The number of methoxy groups -OCH3 is 4. The molecule has 1 saturated carbocycles. The zero-order chi connectivity index (χ0) is 90.7. The van der Waals surface area contributed by atoms with Crippen LogP contribution in [-0.4, -0.2) is 282 Å². The lowest BCUT2D eigenvalue weighted by Crippen LogP contribution is -2.61. The number of ether oxygens (including phenoxy) is 9. The molecule has 4 aromatic heterocycles. The number of allylic oxidation sites excluding steroid dienone is 5. The summed E-state index contributed by atoms with van der Waals surface area (Å²) >= 11 is 0. The van der Waals surface area contributed by atoms with Crippen LogP contribution in [0.3, 0.4) is 0 Å². The van der Waals surface area contributed by atoms with Gasteiger partial charge in [-0.25, -0.2) is 29.4 Å². The maximum absolute atomic E-state index is 15.0. The molecule has 4 fully saturated rings. The maximum Gasteiger partial charge on any atom is 0.329 e. The molecular weight excluding hydrogens is 1620 g/mol. The number of nitrogen functional groups attached to an aromatic ring is 2. The van der Waals surface area contributed by atoms with Crippen LogP contribution in [0.2, 0.25) is 0 Å². The van der Waals surface area contributed by atoms with Crippen molar-refractivity contribution in [3.8, 4) is 11.3 Å². The second-order valence-electron chi connectivity index (χ2n) is 34.8. The van der Waals surface area contributed by atoms with Gasteiger partial charge in [0, 0.05) is 142 Å². The van der Waals surface area contributed by atoms with E-state index in [9.17, 15) is 48.6 Å². The molecule has 1 aliphatic carbocycles. The quantitative estimate of drug-likeness (QED) is 0.0116. The fourth-order valence-corrected chi connectivity index (χ4v) is 17.8. The van der Waals surface area contributed by atoms with Crippen LogP contribution in [0.25, 0.3) is 33.4 Å². The van der Waals surface area contributed by atoms with Crippen LogP contribution >= 0.6 is 0 Å². The number of esters is 2. The Kier molecular flexibility index (Phi) is 37.8. The van der Waals surface area contributed by atoms with Gasteiger partial charge < -0.3 is 88.7 Å². The summed E-state index contributed by atoms with van der Waals surface area (Å²) in [6.07, 6.45) is 19.3. The number of benzene rings is 1. The number of aliphatic hydroxyl groups is 2. The van der Waals surface area contributed by atoms with Gasteiger partial charge in [-0.2, -0.15) is 10.1 Å². The fraction of sp³-hybridized carbons (Fsp3) is 0.652. The lowest BCUT2D eigenvalue weighted by Gasteiger charge is -2.43. The largest absolute Gasteiger partial charge is 0.460 e. The first kappa shape index (κ1) is 98.8. The smallest absolute Gasteiger partial charge is 0.329 e. The normalized spacial score (nSPS) is 27.9. The van der Waals surface area contributed by atoms with E-state index >= 15 is 0 Å². The van der Waals surface area contributed by atoms with Gasteiger partial charge in [0.05, 0.1) is 69.3 Å². The van der Waals surface area contributed by atoms with Crippen LogP contribution in [0.5, 0.6) is 0 Å². The number of unbranched alkanes of at least 4 members (excludes halogenated alkanes) is 2. The number of amides is 3. The Hall–Kier alpha value is -9.36. The van der Waals surface area contributed by atoms with Crippen LogP contribution in [0.15, 0.2) is 88.9 Å². The van der Waals surface area contributed by atoms with Gasteiger partial charge in [-0.15, -0.1) is 0 Å². The molecule has 8 heterocycles. The van der Waals surface area contributed by atoms with E-state index in [1.165, 1.54) is 18.3 Å². The number of aromatic nitrogens is 7. The number of nitrogens with two attached hydrogens (primary N) is 2. The van der Waals surface area contributed by atoms with Crippen molar-refractivity contribution in [2.24, 2.45) is 35.5 Å². The molecule has 10 rings (SSSR count). The summed E-state index contributed by atoms with van der Waals surface area (Å²) in [7, 11) is 7.87. The van der Waals surface area contributed by atoms with Gasteiger partial charge in [0.1, 0.15) is 59.6 Å². The number of fused-ring (bicyclic) bond motifs is 5. The number of ketones is 3. The number of aryl methyl sites for hydroxylation is 2. The molecule has 126 heavy (non-hydrogen) atoms. The van der Waals surface area contributed by atoms with E-state index in [4.69, 9.17) is 63.6 Å². The molecule has 34 nitrogen and oxygen atoms in total. The Morgan fingerprint density at radius 2 is 1.52 bits per heavy atom. The van der Waals surface area contributed by atoms with Crippen LogP contribution in [-0.2, 0) is 94.0 Å². The highest BCUT2D eigenvalue weighted by molar-refractivity contribution is 6.39. The SMILES string of the molecule is COC1C[C@@H]([C@H](C)C[C@@H]2CC[C@@H](OC(=O)CCc3cnc(N4CCN(C(=O)CN(C)CC(=O)NCCOCCOCCC(=O)CCCCCn5nc(-c6ccc7oc(N)nc7c6)c6c(N)ncnc65)CC4)nc3)[C@H](OC)C2)OC(=O)[C@@H]2CCCCN2C(=O)C(=O)[C@]2(O)O[C@@H](CC[C@H]2C)C[C@H](OC)/C(C)=C/C=C/C=C/[C@@H](C)C[C@@H](C)C(=O)[C@H](OC)[C@H](O)/C(C)=C/[C@H]1C. The Morgan fingerprint density at radius 3 is 2.25 bits per heavy atom. The molecule has 34 heteroatoms. The first-order valence-electron chi connectivity index (χ1n) is 44.8. The van der Waals surface area contributed by atoms with Crippen LogP contribution in [0.1, 0.15) is 170 Å². The number of rotatable bonds is 32. The predicted octanol–water partition coefficient (Wildman–Crippen LogP) is 8.66. The van der Waals surface area contributed by atoms with Crippen LogP contribution in [0.4, 0.5) is 17.8 Å². The molecule has 0 radical (unpaired) electrons. The summed E-state index contributed by atoms with van der Waals surface area (Å²) in [5.41, 5.74) is 17.3. The molecule has 5 aliphatic rings. The van der Waals surface area contributed by atoms with Crippen molar-refractivity contribution in [3.63, 3.8) is 0 Å². The Morgan fingerprint density at radius 1 is 0.762 bits per heavy atom. The van der Waals surface area contributed by atoms with Gasteiger partial charge in [-0.05, 0) is 157 Å². The summed E-state index contributed by atoms with van der Waals surface area (Å²) < 4.78 is 61.4. The average Bonchev–Trinajstić information content (AvgIpc) is 1.54. The minimum Gasteiger partial charge on any atom is -0.460 e. The number of hydrogen-bond acceptors (Lipinski definition) is 30. The number of piperazine rings is 1. The van der Waals surface area contributed by atoms with Gasteiger partial charge in [-0.1, -0.05) is 77.5 Å². The van der Waals surface area contributed by atoms with Gasteiger partial charge in [0.25, 0.3) is 17.7 Å². The maximum atomic E-state index is 15.0. The molecule has 692 valence electrons. The van der Waals surface area contributed by atoms with Gasteiger partial charge in [0.2, 0.25) is 23.5 Å². The third-order valence-electron chi connectivity index (χ3n) is 25.3. The van der Waals surface area contributed by atoms with E-state index in [0.29, 0.717) is 175 Å². The second-order valence-corrected chi connectivity index (χ2v) is 34.8. The first-order valence-corrected chi connectivity index (χ1v) is 44.8. The summed E-state index contributed by atoms with van der Waals surface area (Å²) in [6.45, 7) is 17.1. The van der Waals surface area contributed by atoms with Crippen molar-refractivity contribution < 1.29 is 95.6 Å². The monoisotopic (exact) mass is 1750 g/mol. The number of oxazole rings is 1. The topological polar surface area (TPSA) is 433 Å². The number of aliphatic hydroxyl groups excluding tert-OH is 1. The number of carbonyl (C=O) groups is 8. The van der Waals surface area contributed by atoms with Crippen molar-refractivity contribution in [2.45, 2.75) is 238 Å². The zero-order valence-corrected chi connectivity index (χ0v) is 75.5. The number of carbonyl (C=O) groups excluding carboxylic acids is 8. The fourth-order valence-electron chi connectivity index (χ4n) is 17.8. The first-order chi connectivity index (χ1) is 60.5. The van der Waals surface area contributed by atoms with Crippen molar-refractivity contribution in [3.05, 3.63) is 90.1 Å². The van der Waals surface area contributed by atoms with E-state index in [-0.39, 0.29) is 106 Å². The van der Waals surface area contributed by atoms with Crippen molar-refractivity contribution >= 4 is 86.9 Å². The number of nitrogens with one attached hydrogen (secondary N) is 1. The summed E-state index contributed by atoms with van der Waals surface area (Å²) in [5, 5.41) is 32.3. The third-order valence-corrected chi connectivity index (χ3v) is 25.3. The summed E-state index contributed by atoms with van der Waals surface area (Å²) in [6, 6.07) is 4.41. The number of piperidine rings is 1. The Bertz CT molecular complexity index is 4570. The predicted molar refractivity (Wildman–Crippen MR) is 471 cm³/mol. The number of Topliss-reactive ketones (excluding diaryl/α,β-unsaturated/α-hetero) is 3. The van der Waals surface area contributed by atoms with E-state index in [0.717, 1.165) is 36.0 Å². The molecule has 3 saturated heterocycles. The van der Waals surface area contributed by atoms with Crippen LogP contribution < -0.4 is 21.7 Å². The Balaban J connectivity index is 0.630. The van der Waals surface area contributed by atoms with Gasteiger partial charge in [-0.3, -0.25) is 38.5 Å². The van der Waals surface area contributed by atoms with Crippen molar-refractivity contribution in [2.75, 3.05) is 131 Å². The molecule has 5 aromatic rings. The molecule has 7 N–H and O–H groups in total. The Labute approximate surface area is 739 Å². The number of cyclic esters (lactones) is 1. The molecule has 0 spiro atoms.